The summed E-state index contributed by atoms with van der Waals surface area (Å²) in [6.45, 7) is 0.161. The SMILES string of the molecule is CN(CC=O)c1nc(N)n2nc(-c3ccco3)nc2n1.Cl. The Morgan fingerprint density at radius 1 is 1.43 bits per heavy atom. The van der Waals surface area contributed by atoms with Crippen molar-refractivity contribution >= 4 is 36.4 Å². The lowest BCUT2D eigenvalue weighted by Crippen LogP contribution is -2.23. The van der Waals surface area contributed by atoms with E-state index in [-0.39, 0.29) is 30.7 Å². The minimum Gasteiger partial charge on any atom is -0.461 e. The van der Waals surface area contributed by atoms with E-state index in [1.807, 2.05) is 0 Å². The van der Waals surface area contributed by atoms with Gasteiger partial charge in [-0.15, -0.1) is 17.5 Å². The summed E-state index contributed by atoms with van der Waals surface area (Å²) in [5.74, 6) is 1.61. The molecule has 3 aromatic heterocycles. The van der Waals surface area contributed by atoms with Crippen molar-refractivity contribution in [2.24, 2.45) is 0 Å². The number of hydrogen-bond acceptors (Lipinski definition) is 8. The van der Waals surface area contributed by atoms with Gasteiger partial charge in [0.2, 0.25) is 17.7 Å². The average Bonchev–Trinajstić information content (AvgIpc) is 3.07. The number of carbonyl (C=O) groups is 1. The van der Waals surface area contributed by atoms with Crippen LogP contribution in [0, 0.1) is 0 Å². The van der Waals surface area contributed by atoms with Crippen molar-refractivity contribution in [1.29, 1.82) is 0 Å². The van der Waals surface area contributed by atoms with Crippen LogP contribution in [0.1, 0.15) is 0 Å². The largest absolute Gasteiger partial charge is 0.461 e. The van der Waals surface area contributed by atoms with Crippen LogP contribution in [0.15, 0.2) is 22.8 Å². The number of rotatable bonds is 4. The minimum absolute atomic E-state index is 0. The highest BCUT2D eigenvalue weighted by Gasteiger charge is 2.15. The molecule has 0 aliphatic rings. The molecule has 0 bridgehead atoms. The highest BCUT2D eigenvalue weighted by molar-refractivity contribution is 5.85. The summed E-state index contributed by atoms with van der Waals surface area (Å²) in [5.41, 5.74) is 5.82. The first kappa shape index (κ1) is 14.7. The van der Waals surface area contributed by atoms with E-state index in [9.17, 15) is 4.79 Å². The van der Waals surface area contributed by atoms with Gasteiger partial charge < -0.3 is 19.8 Å². The zero-order chi connectivity index (χ0) is 14.1. The molecule has 2 N–H and O–H groups in total. The molecule has 0 saturated heterocycles. The van der Waals surface area contributed by atoms with E-state index >= 15 is 0 Å². The Bertz CT molecular complexity index is 755. The third-order valence-corrected chi connectivity index (χ3v) is 2.65. The molecule has 0 aromatic carbocycles. The van der Waals surface area contributed by atoms with Gasteiger partial charge in [0.1, 0.15) is 6.29 Å². The Balaban J connectivity index is 0.00000161. The molecule has 0 spiro atoms. The van der Waals surface area contributed by atoms with Gasteiger partial charge in [-0.05, 0) is 12.1 Å². The number of aldehydes is 1. The topological polar surface area (TPSA) is 115 Å². The highest BCUT2D eigenvalue weighted by Crippen LogP contribution is 2.18. The van der Waals surface area contributed by atoms with Crippen LogP contribution in [0.4, 0.5) is 11.9 Å². The quantitative estimate of drug-likeness (QED) is 0.689. The molecule has 10 heteroatoms. The number of carbonyl (C=O) groups excluding carboxylic acids is 1. The van der Waals surface area contributed by atoms with Gasteiger partial charge in [0, 0.05) is 7.05 Å². The van der Waals surface area contributed by atoms with Crippen molar-refractivity contribution in [2.75, 3.05) is 24.2 Å². The van der Waals surface area contributed by atoms with E-state index in [2.05, 4.69) is 20.1 Å². The number of nitrogens with two attached hydrogens (primary N) is 1. The van der Waals surface area contributed by atoms with Gasteiger partial charge in [-0.1, -0.05) is 0 Å². The van der Waals surface area contributed by atoms with E-state index in [1.54, 1.807) is 24.1 Å². The van der Waals surface area contributed by atoms with Crippen LogP contribution in [0.2, 0.25) is 0 Å². The third-order valence-electron chi connectivity index (χ3n) is 2.65. The molecule has 0 aliphatic heterocycles. The molecular formula is C11H12ClN7O2. The number of aromatic nitrogens is 5. The Labute approximate surface area is 125 Å². The van der Waals surface area contributed by atoms with Crippen molar-refractivity contribution in [1.82, 2.24) is 24.6 Å². The van der Waals surface area contributed by atoms with Gasteiger partial charge in [-0.2, -0.15) is 19.5 Å². The monoisotopic (exact) mass is 309 g/mol. The lowest BCUT2D eigenvalue weighted by molar-refractivity contribution is -0.106. The molecule has 0 radical (unpaired) electrons. The Hall–Kier alpha value is -2.68. The van der Waals surface area contributed by atoms with Gasteiger partial charge in [0.05, 0.1) is 12.8 Å². The van der Waals surface area contributed by atoms with Gasteiger partial charge in [-0.25, -0.2) is 0 Å². The van der Waals surface area contributed by atoms with Crippen molar-refractivity contribution in [3.63, 3.8) is 0 Å². The number of furan rings is 1. The average molecular weight is 310 g/mol. The lowest BCUT2D eigenvalue weighted by atomic mass is 10.4. The summed E-state index contributed by atoms with van der Waals surface area (Å²) in [4.78, 5) is 24.6. The molecule has 0 amide bonds. The third kappa shape index (κ3) is 2.63. The smallest absolute Gasteiger partial charge is 0.259 e. The fraction of sp³-hybridized carbons (Fsp3) is 0.182. The maximum atomic E-state index is 10.5. The molecule has 3 aromatic rings. The van der Waals surface area contributed by atoms with Crippen LogP contribution in [-0.4, -0.2) is 44.4 Å². The van der Waals surface area contributed by atoms with Crippen LogP contribution in [0.3, 0.4) is 0 Å². The molecule has 0 aliphatic carbocycles. The van der Waals surface area contributed by atoms with Gasteiger partial charge in [-0.3, -0.25) is 0 Å². The molecule has 3 rings (SSSR count). The van der Waals surface area contributed by atoms with Gasteiger partial charge in [0.15, 0.2) is 5.76 Å². The molecule has 0 unspecified atom stereocenters. The second kappa shape index (κ2) is 5.75. The van der Waals surface area contributed by atoms with Crippen LogP contribution in [0.25, 0.3) is 17.4 Å². The predicted molar refractivity (Wildman–Crippen MR) is 77.3 cm³/mol. The molecule has 0 atom stereocenters. The lowest BCUT2D eigenvalue weighted by Gasteiger charge is -2.13. The molecular weight excluding hydrogens is 298 g/mol. The zero-order valence-corrected chi connectivity index (χ0v) is 11.8. The number of nitrogens with zero attached hydrogens (tertiary/aromatic N) is 6. The number of fused-ring (bicyclic) bond motifs is 1. The number of anilines is 2. The molecule has 21 heavy (non-hydrogen) atoms. The van der Waals surface area contributed by atoms with Crippen molar-refractivity contribution in [2.45, 2.75) is 0 Å². The number of halogens is 1. The number of hydrogen-bond donors (Lipinski definition) is 1. The van der Waals surface area contributed by atoms with E-state index < -0.39 is 0 Å². The number of likely N-dealkylation sites (N-methyl/N-ethyl adjacent to an activating group) is 1. The molecule has 0 fully saturated rings. The van der Waals surface area contributed by atoms with Gasteiger partial charge in [0.25, 0.3) is 5.78 Å². The fourth-order valence-corrected chi connectivity index (χ4v) is 1.67. The van der Waals surface area contributed by atoms with E-state index in [0.717, 1.165) is 6.29 Å². The summed E-state index contributed by atoms with van der Waals surface area (Å²) >= 11 is 0. The van der Waals surface area contributed by atoms with Crippen molar-refractivity contribution in [3.8, 4) is 11.6 Å². The zero-order valence-electron chi connectivity index (χ0n) is 11.0. The molecule has 0 saturated carbocycles. The van der Waals surface area contributed by atoms with Crippen LogP contribution >= 0.6 is 12.4 Å². The first-order valence-corrected chi connectivity index (χ1v) is 5.78. The second-order valence-corrected chi connectivity index (χ2v) is 4.05. The Morgan fingerprint density at radius 2 is 2.24 bits per heavy atom. The Morgan fingerprint density at radius 3 is 2.90 bits per heavy atom. The number of nitrogen functional groups attached to an aromatic ring is 1. The summed E-state index contributed by atoms with van der Waals surface area (Å²) in [5, 5.41) is 4.17. The first-order valence-electron chi connectivity index (χ1n) is 5.78. The summed E-state index contributed by atoms with van der Waals surface area (Å²) in [7, 11) is 1.68. The van der Waals surface area contributed by atoms with Gasteiger partial charge >= 0.3 is 0 Å². The van der Waals surface area contributed by atoms with Crippen molar-refractivity contribution in [3.05, 3.63) is 18.4 Å². The summed E-state index contributed by atoms with van der Waals surface area (Å²) < 4.78 is 6.54. The van der Waals surface area contributed by atoms with Crippen LogP contribution < -0.4 is 10.6 Å². The second-order valence-electron chi connectivity index (χ2n) is 4.05. The standard InChI is InChI=1S/C11H11N7O2.ClH/c1-17(4-5-19)10-14-9(12)18-11(15-10)13-8(16-18)7-3-2-6-20-7;/h2-3,5-6H,4H2,1H3,(H2,12,13,14,15,16);1H. The molecule has 3 heterocycles. The summed E-state index contributed by atoms with van der Waals surface area (Å²) in [6, 6.07) is 3.47. The summed E-state index contributed by atoms with van der Waals surface area (Å²) in [6.07, 6.45) is 2.28. The van der Waals surface area contributed by atoms with E-state index in [4.69, 9.17) is 10.2 Å². The normalized spacial score (nSPS) is 10.3. The molecule has 110 valence electrons. The van der Waals surface area contributed by atoms with Crippen LogP contribution in [-0.2, 0) is 4.79 Å². The van der Waals surface area contributed by atoms with Crippen LogP contribution in [0.5, 0.6) is 0 Å². The maximum absolute atomic E-state index is 10.5. The molecule has 9 nitrogen and oxygen atoms in total. The maximum Gasteiger partial charge on any atom is 0.259 e. The highest BCUT2D eigenvalue weighted by atomic mass is 35.5. The minimum atomic E-state index is 0. The van der Waals surface area contributed by atoms with Crippen molar-refractivity contribution < 1.29 is 9.21 Å². The van der Waals surface area contributed by atoms with E-state index in [1.165, 1.54) is 10.8 Å². The Kier molecular flexibility index (Phi) is 4.03. The predicted octanol–water partition coefficient (Wildman–Crippen LogP) is 0.418. The fourth-order valence-electron chi connectivity index (χ4n) is 1.67. The van der Waals surface area contributed by atoms with E-state index in [0.29, 0.717) is 17.5 Å². The first-order chi connectivity index (χ1) is 9.69.